The first-order valence-electron chi connectivity index (χ1n) is 10.1. The lowest BCUT2D eigenvalue weighted by molar-refractivity contribution is -0.124. The zero-order chi connectivity index (χ0) is 19.5. The number of nitrogens with zero attached hydrogens (tertiary/aromatic N) is 3. The van der Waals surface area contributed by atoms with E-state index in [0.717, 1.165) is 29.8 Å². The molecule has 0 spiro atoms. The number of halogens is 1. The molecule has 150 valence electrons. The van der Waals surface area contributed by atoms with Gasteiger partial charge < -0.3 is 10.2 Å². The van der Waals surface area contributed by atoms with E-state index in [0.29, 0.717) is 0 Å². The molecule has 0 fully saturated rings. The van der Waals surface area contributed by atoms with E-state index < -0.39 is 0 Å². The van der Waals surface area contributed by atoms with Crippen LogP contribution in [0.3, 0.4) is 0 Å². The van der Waals surface area contributed by atoms with E-state index in [4.69, 9.17) is 0 Å². The second kappa shape index (κ2) is 12.5. The Morgan fingerprint density at radius 1 is 1.19 bits per heavy atom. The highest BCUT2D eigenvalue weighted by molar-refractivity contribution is 9.10. The highest BCUT2D eigenvalue weighted by atomic mass is 79.9. The van der Waals surface area contributed by atoms with Gasteiger partial charge in [0.25, 0.3) is 0 Å². The molecule has 0 bridgehead atoms. The molecule has 0 saturated carbocycles. The Hall–Kier alpha value is -0.880. The lowest BCUT2D eigenvalue weighted by Crippen LogP contribution is -2.44. The number of amides is 1. The van der Waals surface area contributed by atoms with Crippen molar-refractivity contribution >= 4 is 21.8 Å². The van der Waals surface area contributed by atoms with Gasteiger partial charge in [0.05, 0.1) is 10.2 Å². The molecule has 2 unspecified atom stereocenters. The van der Waals surface area contributed by atoms with Crippen molar-refractivity contribution in [3.63, 3.8) is 0 Å². The molecule has 0 aromatic carbocycles. The number of carbonyl (C=O) groups excluding carboxylic acids is 1. The quantitative estimate of drug-likeness (QED) is 0.463. The number of rotatable bonds is 13. The molecule has 5 nitrogen and oxygen atoms in total. The number of hydrogen-bond donors (Lipinski definition) is 1. The average Bonchev–Trinajstić information content (AvgIpc) is 2.93. The first-order chi connectivity index (χ1) is 12.4. The Kier molecular flexibility index (Phi) is 11.1. The first-order valence-corrected chi connectivity index (χ1v) is 10.9. The zero-order valence-electron chi connectivity index (χ0n) is 17.2. The largest absolute Gasteiger partial charge is 0.351 e. The molecule has 0 aliphatic carbocycles. The summed E-state index contributed by atoms with van der Waals surface area (Å²) in [7, 11) is 0. The van der Waals surface area contributed by atoms with Crippen LogP contribution >= 0.6 is 15.9 Å². The van der Waals surface area contributed by atoms with E-state index in [1.807, 2.05) is 20.0 Å². The van der Waals surface area contributed by atoms with Crippen molar-refractivity contribution in [3.8, 4) is 0 Å². The summed E-state index contributed by atoms with van der Waals surface area (Å²) in [5.74, 6) is 0.0227. The van der Waals surface area contributed by atoms with Gasteiger partial charge in [-0.3, -0.25) is 9.48 Å². The Morgan fingerprint density at radius 3 is 2.23 bits per heavy atom. The molecule has 1 N–H and O–H groups in total. The third kappa shape index (κ3) is 8.21. The van der Waals surface area contributed by atoms with Crippen LogP contribution in [0.15, 0.2) is 10.7 Å². The minimum Gasteiger partial charge on any atom is -0.351 e. The van der Waals surface area contributed by atoms with Crippen LogP contribution in [0.2, 0.25) is 0 Å². The minimum absolute atomic E-state index is 0.0227. The van der Waals surface area contributed by atoms with Crippen LogP contribution in [0.25, 0.3) is 0 Å². The van der Waals surface area contributed by atoms with Crippen LogP contribution in [-0.2, 0) is 4.79 Å². The van der Waals surface area contributed by atoms with E-state index in [9.17, 15) is 4.79 Å². The van der Waals surface area contributed by atoms with Gasteiger partial charge >= 0.3 is 0 Å². The van der Waals surface area contributed by atoms with Crippen molar-refractivity contribution in [3.05, 3.63) is 16.4 Å². The molecule has 1 aromatic rings. The van der Waals surface area contributed by atoms with E-state index in [1.165, 1.54) is 38.5 Å². The van der Waals surface area contributed by atoms with Gasteiger partial charge in [0.2, 0.25) is 5.91 Å². The molecule has 0 aliphatic heterocycles. The van der Waals surface area contributed by atoms with Crippen molar-refractivity contribution in [1.82, 2.24) is 20.0 Å². The van der Waals surface area contributed by atoms with Crippen LogP contribution in [-0.4, -0.2) is 46.3 Å². The van der Waals surface area contributed by atoms with Gasteiger partial charge in [-0.05, 0) is 62.6 Å². The smallest absolute Gasteiger partial charge is 0.244 e. The number of aryl methyl sites for hydroxylation is 1. The van der Waals surface area contributed by atoms with Gasteiger partial charge in [0.15, 0.2) is 0 Å². The van der Waals surface area contributed by atoms with Crippen molar-refractivity contribution in [2.75, 3.05) is 19.6 Å². The zero-order valence-corrected chi connectivity index (χ0v) is 18.8. The standard InChI is InChI=1S/C20H37BrN4O/c1-6-8-10-12-24(13-11-9-7-2)14-16(3)22-20(26)18(5)25-15-19(21)17(4)23-25/h15-16,18H,6-14H2,1-5H3,(H,22,26). The number of carbonyl (C=O) groups is 1. The summed E-state index contributed by atoms with van der Waals surface area (Å²) >= 11 is 3.46. The fourth-order valence-electron chi connectivity index (χ4n) is 3.04. The lowest BCUT2D eigenvalue weighted by atomic mass is 10.2. The van der Waals surface area contributed by atoms with Gasteiger partial charge in [-0.15, -0.1) is 0 Å². The summed E-state index contributed by atoms with van der Waals surface area (Å²) < 4.78 is 2.66. The Labute approximate surface area is 168 Å². The van der Waals surface area contributed by atoms with Crippen molar-refractivity contribution in [1.29, 1.82) is 0 Å². The highest BCUT2D eigenvalue weighted by Gasteiger charge is 2.20. The SMILES string of the molecule is CCCCCN(CCCCC)CC(C)NC(=O)C(C)n1cc(Br)c(C)n1. The van der Waals surface area contributed by atoms with Crippen LogP contribution < -0.4 is 5.32 Å². The summed E-state index contributed by atoms with van der Waals surface area (Å²) in [4.78, 5) is 15.1. The van der Waals surface area contributed by atoms with Crippen LogP contribution in [0.1, 0.15) is 78.0 Å². The molecule has 1 amide bonds. The van der Waals surface area contributed by atoms with E-state index in [-0.39, 0.29) is 18.0 Å². The molecular formula is C20H37BrN4O. The topological polar surface area (TPSA) is 50.2 Å². The predicted molar refractivity (Wildman–Crippen MR) is 112 cm³/mol. The third-order valence-corrected chi connectivity index (χ3v) is 5.49. The Balaban J connectivity index is 2.52. The van der Waals surface area contributed by atoms with Gasteiger partial charge in [0.1, 0.15) is 6.04 Å². The highest BCUT2D eigenvalue weighted by Crippen LogP contribution is 2.16. The third-order valence-electron chi connectivity index (χ3n) is 4.71. The van der Waals surface area contributed by atoms with Gasteiger partial charge in [-0.25, -0.2) is 0 Å². The maximum Gasteiger partial charge on any atom is 0.244 e. The predicted octanol–water partition coefficient (Wildman–Crippen LogP) is 4.70. The molecule has 1 aromatic heterocycles. The van der Waals surface area contributed by atoms with Crippen LogP contribution in [0.5, 0.6) is 0 Å². The van der Waals surface area contributed by atoms with Crippen LogP contribution in [0, 0.1) is 6.92 Å². The van der Waals surface area contributed by atoms with E-state index >= 15 is 0 Å². The summed E-state index contributed by atoms with van der Waals surface area (Å²) in [6, 6.07) is -0.176. The van der Waals surface area contributed by atoms with E-state index in [2.05, 4.69) is 52.0 Å². The monoisotopic (exact) mass is 428 g/mol. The van der Waals surface area contributed by atoms with Gasteiger partial charge in [-0.1, -0.05) is 39.5 Å². The lowest BCUT2D eigenvalue weighted by Gasteiger charge is -2.27. The number of unbranched alkanes of at least 4 members (excludes halogenated alkanes) is 4. The summed E-state index contributed by atoms with van der Waals surface area (Å²) in [6.45, 7) is 13.5. The second-order valence-corrected chi connectivity index (χ2v) is 8.20. The summed E-state index contributed by atoms with van der Waals surface area (Å²) in [5.41, 5.74) is 0.899. The summed E-state index contributed by atoms with van der Waals surface area (Å²) in [6.07, 6.45) is 9.37. The Bertz CT molecular complexity index is 502. The number of hydrogen-bond acceptors (Lipinski definition) is 3. The molecule has 1 heterocycles. The average molecular weight is 429 g/mol. The summed E-state index contributed by atoms with van der Waals surface area (Å²) in [5, 5.41) is 7.56. The molecular weight excluding hydrogens is 392 g/mol. The Morgan fingerprint density at radius 2 is 1.77 bits per heavy atom. The van der Waals surface area contributed by atoms with Crippen molar-refractivity contribution in [2.45, 2.75) is 85.2 Å². The fraction of sp³-hybridized carbons (Fsp3) is 0.800. The van der Waals surface area contributed by atoms with Crippen LogP contribution in [0.4, 0.5) is 0 Å². The maximum absolute atomic E-state index is 12.6. The number of nitrogens with one attached hydrogen (secondary N) is 1. The molecule has 26 heavy (non-hydrogen) atoms. The molecule has 0 saturated heterocycles. The molecule has 1 rings (SSSR count). The molecule has 2 atom stereocenters. The minimum atomic E-state index is -0.309. The maximum atomic E-state index is 12.6. The molecule has 0 radical (unpaired) electrons. The van der Waals surface area contributed by atoms with E-state index in [1.54, 1.807) is 4.68 Å². The van der Waals surface area contributed by atoms with Crippen molar-refractivity contribution < 1.29 is 4.79 Å². The first kappa shape index (κ1) is 23.2. The van der Waals surface area contributed by atoms with Crippen molar-refractivity contribution in [2.24, 2.45) is 0 Å². The fourth-order valence-corrected chi connectivity index (χ4v) is 3.33. The number of aromatic nitrogens is 2. The van der Waals surface area contributed by atoms with Gasteiger partial charge in [-0.2, -0.15) is 5.10 Å². The normalized spacial score (nSPS) is 13.8. The van der Waals surface area contributed by atoms with Gasteiger partial charge in [0, 0.05) is 18.8 Å². The second-order valence-electron chi connectivity index (χ2n) is 7.34. The molecule has 0 aliphatic rings. The molecule has 6 heteroatoms.